The average Bonchev–Trinajstić information content (AvgIpc) is 2.71. The lowest BCUT2D eigenvalue weighted by Gasteiger charge is -2.20. The predicted molar refractivity (Wildman–Crippen MR) is 89.2 cm³/mol. The maximum absolute atomic E-state index is 5.69. The number of nitrogens with zero attached hydrogens (tertiary/aromatic N) is 1. The van der Waals surface area contributed by atoms with Crippen LogP contribution in [0.4, 0.5) is 0 Å². The molecule has 0 radical (unpaired) electrons. The van der Waals surface area contributed by atoms with Crippen LogP contribution in [0.1, 0.15) is 61.7 Å². The van der Waals surface area contributed by atoms with E-state index in [-0.39, 0.29) is 0 Å². The SMILES string of the molecule is Cc1nc(C)c(C(C)NCCCC(CCN)C(C)C)s1. The second-order valence-electron chi connectivity index (χ2n) is 6.08. The molecule has 3 N–H and O–H groups in total. The first-order valence-electron chi connectivity index (χ1n) is 7.83. The van der Waals surface area contributed by atoms with Crippen LogP contribution in [0.5, 0.6) is 0 Å². The van der Waals surface area contributed by atoms with E-state index >= 15 is 0 Å². The van der Waals surface area contributed by atoms with Gasteiger partial charge in [0.2, 0.25) is 0 Å². The van der Waals surface area contributed by atoms with E-state index in [1.165, 1.54) is 23.4 Å². The summed E-state index contributed by atoms with van der Waals surface area (Å²) in [6.07, 6.45) is 3.65. The van der Waals surface area contributed by atoms with Crippen molar-refractivity contribution in [2.24, 2.45) is 17.6 Å². The van der Waals surface area contributed by atoms with Crippen molar-refractivity contribution in [2.75, 3.05) is 13.1 Å². The molecule has 0 saturated carbocycles. The molecule has 4 heteroatoms. The molecule has 20 heavy (non-hydrogen) atoms. The van der Waals surface area contributed by atoms with Crippen molar-refractivity contribution in [2.45, 2.75) is 59.9 Å². The second kappa shape index (κ2) is 8.75. The molecule has 0 fully saturated rings. The Morgan fingerprint density at radius 3 is 2.40 bits per heavy atom. The molecule has 0 saturated heterocycles. The Kier molecular flexibility index (Phi) is 7.70. The summed E-state index contributed by atoms with van der Waals surface area (Å²) in [5, 5.41) is 4.79. The Balaban J connectivity index is 2.31. The normalized spacial score (nSPS) is 14.8. The van der Waals surface area contributed by atoms with Gasteiger partial charge in [0, 0.05) is 10.9 Å². The minimum absolute atomic E-state index is 0.410. The number of rotatable bonds is 9. The van der Waals surface area contributed by atoms with Crippen LogP contribution in [-0.4, -0.2) is 18.1 Å². The Morgan fingerprint density at radius 2 is 1.90 bits per heavy atom. The Morgan fingerprint density at radius 1 is 1.20 bits per heavy atom. The first-order valence-corrected chi connectivity index (χ1v) is 8.64. The zero-order chi connectivity index (χ0) is 15.1. The number of aryl methyl sites for hydroxylation is 2. The summed E-state index contributed by atoms with van der Waals surface area (Å²) in [5.74, 6) is 1.51. The highest BCUT2D eigenvalue weighted by atomic mass is 32.1. The monoisotopic (exact) mass is 297 g/mol. The van der Waals surface area contributed by atoms with Gasteiger partial charge in [-0.3, -0.25) is 0 Å². The van der Waals surface area contributed by atoms with Crippen molar-refractivity contribution < 1.29 is 0 Å². The quantitative estimate of drug-likeness (QED) is 0.681. The minimum Gasteiger partial charge on any atom is -0.330 e. The highest BCUT2D eigenvalue weighted by Crippen LogP contribution is 2.25. The van der Waals surface area contributed by atoms with Gasteiger partial charge < -0.3 is 11.1 Å². The Hall–Kier alpha value is -0.450. The molecule has 0 aliphatic carbocycles. The molecule has 1 rings (SSSR count). The fourth-order valence-corrected chi connectivity index (χ4v) is 3.70. The summed E-state index contributed by atoms with van der Waals surface area (Å²) in [6, 6.07) is 0.410. The zero-order valence-corrected chi connectivity index (χ0v) is 14.5. The highest BCUT2D eigenvalue weighted by molar-refractivity contribution is 7.11. The molecule has 0 bridgehead atoms. The summed E-state index contributed by atoms with van der Waals surface area (Å²) < 4.78 is 0. The van der Waals surface area contributed by atoms with E-state index in [1.54, 1.807) is 0 Å². The molecule has 0 amide bonds. The van der Waals surface area contributed by atoms with Crippen LogP contribution >= 0.6 is 11.3 Å². The summed E-state index contributed by atoms with van der Waals surface area (Å²) >= 11 is 1.81. The van der Waals surface area contributed by atoms with Crippen LogP contribution in [0, 0.1) is 25.7 Å². The predicted octanol–water partition coefficient (Wildman–Crippen LogP) is 3.81. The second-order valence-corrected chi connectivity index (χ2v) is 7.32. The first kappa shape index (κ1) is 17.6. The third-order valence-electron chi connectivity index (χ3n) is 4.02. The van der Waals surface area contributed by atoms with Crippen molar-refractivity contribution in [1.29, 1.82) is 0 Å². The minimum atomic E-state index is 0.410. The van der Waals surface area contributed by atoms with E-state index in [4.69, 9.17) is 5.73 Å². The molecule has 1 aromatic rings. The van der Waals surface area contributed by atoms with E-state index in [0.717, 1.165) is 36.4 Å². The number of aromatic nitrogens is 1. The van der Waals surface area contributed by atoms with Gasteiger partial charge in [0.15, 0.2) is 0 Å². The van der Waals surface area contributed by atoms with Crippen molar-refractivity contribution in [3.8, 4) is 0 Å². The van der Waals surface area contributed by atoms with Gasteiger partial charge in [0.05, 0.1) is 10.7 Å². The van der Waals surface area contributed by atoms with Crippen molar-refractivity contribution >= 4 is 11.3 Å². The van der Waals surface area contributed by atoms with Crippen molar-refractivity contribution in [3.63, 3.8) is 0 Å². The molecule has 116 valence electrons. The van der Waals surface area contributed by atoms with Crippen LogP contribution in [0.15, 0.2) is 0 Å². The van der Waals surface area contributed by atoms with Gasteiger partial charge >= 0.3 is 0 Å². The van der Waals surface area contributed by atoms with Crippen LogP contribution < -0.4 is 11.1 Å². The number of hydrogen-bond donors (Lipinski definition) is 2. The number of nitrogens with two attached hydrogens (primary N) is 1. The van der Waals surface area contributed by atoms with Crippen LogP contribution in [0.2, 0.25) is 0 Å². The highest BCUT2D eigenvalue weighted by Gasteiger charge is 2.14. The van der Waals surface area contributed by atoms with E-state index in [2.05, 4.69) is 44.9 Å². The maximum atomic E-state index is 5.69. The summed E-state index contributed by atoms with van der Waals surface area (Å²) in [4.78, 5) is 5.88. The Bertz CT molecular complexity index is 387. The fraction of sp³-hybridized carbons (Fsp3) is 0.812. The lowest BCUT2D eigenvalue weighted by Crippen LogP contribution is -2.21. The third kappa shape index (κ3) is 5.51. The van der Waals surface area contributed by atoms with Crippen LogP contribution in [0.3, 0.4) is 0 Å². The van der Waals surface area contributed by atoms with Gasteiger partial charge in [-0.1, -0.05) is 13.8 Å². The molecule has 0 aliphatic rings. The largest absolute Gasteiger partial charge is 0.330 e. The molecule has 0 spiro atoms. The lowest BCUT2D eigenvalue weighted by molar-refractivity contribution is 0.329. The lowest BCUT2D eigenvalue weighted by atomic mass is 9.88. The van der Waals surface area contributed by atoms with E-state index < -0.39 is 0 Å². The smallest absolute Gasteiger partial charge is 0.0900 e. The molecule has 3 nitrogen and oxygen atoms in total. The van der Waals surface area contributed by atoms with Crippen molar-refractivity contribution in [1.82, 2.24) is 10.3 Å². The van der Waals surface area contributed by atoms with Crippen molar-refractivity contribution in [3.05, 3.63) is 15.6 Å². The average molecular weight is 298 g/mol. The third-order valence-corrected chi connectivity index (χ3v) is 5.27. The standard InChI is InChI=1S/C16H31N3S/c1-11(2)15(8-9-17)7-6-10-18-12(3)16-13(4)19-14(5)20-16/h11-12,15,18H,6-10,17H2,1-5H3. The summed E-state index contributed by atoms with van der Waals surface area (Å²) in [5.41, 5.74) is 6.87. The van der Waals surface area contributed by atoms with Gasteiger partial charge in [-0.15, -0.1) is 11.3 Å². The molecule has 0 aromatic carbocycles. The van der Waals surface area contributed by atoms with E-state index in [9.17, 15) is 0 Å². The summed E-state index contributed by atoms with van der Waals surface area (Å²) in [7, 11) is 0. The molecule has 0 aliphatic heterocycles. The molecule has 2 atom stereocenters. The van der Waals surface area contributed by atoms with Gasteiger partial charge in [0.25, 0.3) is 0 Å². The topological polar surface area (TPSA) is 50.9 Å². The van der Waals surface area contributed by atoms with Crippen LogP contribution in [-0.2, 0) is 0 Å². The molecule has 1 heterocycles. The number of thiazole rings is 1. The molecule has 2 unspecified atom stereocenters. The van der Waals surface area contributed by atoms with E-state index in [0.29, 0.717) is 6.04 Å². The molecule has 1 aromatic heterocycles. The number of hydrogen-bond acceptors (Lipinski definition) is 4. The van der Waals surface area contributed by atoms with Gasteiger partial charge in [-0.2, -0.15) is 0 Å². The zero-order valence-electron chi connectivity index (χ0n) is 13.7. The van der Waals surface area contributed by atoms with Gasteiger partial charge in [-0.05, 0) is 65.0 Å². The summed E-state index contributed by atoms with van der Waals surface area (Å²) in [6.45, 7) is 12.9. The van der Waals surface area contributed by atoms with Crippen LogP contribution in [0.25, 0.3) is 0 Å². The molecular formula is C16H31N3S. The molecular weight excluding hydrogens is 266 g/mol. The van der Waals surface area contributed by atoms with E-state index in [1.807, 2.05) is 11.3 Å². The number of nitrogens with one attached hydrogen (secondary N) is 1. The Labute approximate surface area is 128 Å². The first-order chi connectivity index (χ1) is 9.45. The van der Waals surface area contributed by atoms with Gasteiger partial charge in [-0.25, -0.2) is 4.98 Å². The van der Waals surface area contributed by atoms with Gasteiger partial charge in [0.1, 0.15) is 0 Å². The maximum Gasteiger partial charge on any atom is 0.0900 e. The fourth-order valence-electron chi connectivity index (χ4n) is 2.75.